The Morgan fingerprint density at radius 3 is 3.04 bits per heavy atom. The van der Waals surface area contributed by atoms with E-state index in [1.165, 1.54) is 6.42 Å². The summed E-state index contributed by atoms with van der Waals surface area (Å²) >= 11 is 0. The van der Waals surface area contributed by atoms with E-state index in [4.69, 9.17) is 4.52 Å². The highest BCUT2D eigenvalue weighted by molar-refractivity contribution is 5.76. The molecule has 2 aromatic rings. The van der Waals surface area contributed by atoms with E-state index in [1.807, 2.05) is 36.1 Å². The van der Waals surface area contributed by atoms with Crippen LogP contribution in [0.4, 0.5) is 0 Å². The second-order valence-corrected chi connectivity index (χ2v) is 6.31. The summed E-state index contributed by atoms with van der Waals surface area (Å²) in [7, 11) is 0. The van der Waals surface area contributed by atoms with Crippen molar-refractivity contribution in [2.45, 2.75) is 52.0 Å². The quantitative estimate of drug-likeness (QED) is 0.868. The van der Waals surface area contributed by atoms with Crippen LogP contribution in [-0.4, -0.2) is 33.5 Å². The van der Waals surface area contributed by atoms with Gasteiger partial charge >= 0.3 is 0 Å². The molecule has 0 N–H and O–H groups in total. The Morgan fingerprint density at radius 2 is 2.26 bits per heavy atom. The number of aryl methyl sites for hydroxylation is 2. The molecule has 0 unspecified atom stereocenters. The van der Waals surface area contributed by atoms with Gasteiger partial charge in [-0.05, 0) is 39.2 Å². The Bertz CT molecular complexity index is 680. The van der Waals surface area contributed by atoms with Crippen molar-refractivity contribution in [1.82, 2.24) is 15.0 Å². The van der Waals surface area contributed by atoms with Crippen LogP contribution in [0.5, 0.6) is 0 Å². The number of likely N-dealkylation sites (tertiary alicyclic amines) is 1. The number of hydrogen-bond acceptors (Lipinski definition) is 4. The maximum Gasteiger partial charge on any atom is 0.227 e. The van der Waals surface area contributed by atoms with Crippen LogP contribution in [0.1, 0.15) is 44.1 Å². The van der Waals surface area contributed by atoms with Gasteiger partial charge in [0.05, 0.1) is 0 Å². The smallest absolute Gasteiger partial charge is 0.227 e. The predicted molar refractivity (Wildman–Crippen MR) is 87.8 cm³/mol. The topological polar surface area (TPSA) is 59.2 Å². The van der Waals surface area contributed by atoms with E-state index < -0.39 is 0 Å². The molecule has 0 radical (unpaired) electrons. The van der Waals surface area contributed by atoms with Gasteiger partial charge in [0.2, 0.25) is 17.6 Å². The minimum atomic E-state index is 0.188. The zero-order valence-electron chi connectivity index (χ0n) is 13.8. The van der Waals surface area contributed by atoms with Crippen molar-refractivity contribution >= 4 is 5.91 Å². The van der Waals surface area contributed by atoms with E-state index in [1.54, 1.807) is 0 Å². The highest BCUT2D eigenvalue weighted by Gasteiger charge is 2.23. The van der Waals surface area contributed by atoms with Crippen molar-refractivity contribution in [2.24, 2.45) is 0 Å². The van der Waals surface area contributed by atoms with Crippen molar-refractivity contribution in [3.8, 4) is 11.4 Å². The molecule has 0 bridgehead atoms. The molecule has 1 amide bonds. The molecule has 0 saturated carbocycles. The van der Waals surface area contributed by atoms with Gasteiger partial charge in [-0.3, -0.25) is 4.79 Å². The average molecular weight is 313 g/mol. The third-order valence-corrected chi connectivity index (χ3v) is 4.42. The van der Waals surface area contributed by atoms with Crippen LogP contribution in [0.15, 0.2) is 28.8 Å². The van der Waals surface area contributed by atoms with Gasteiger partial charge in [0, 0.05) is 31.0 Å². The van der Waals surface area contributed by atoms with Gasteiger partial charge in [-0.15, -0.1) is 0 Å². The summed E-state index contributed by atoms with van der Waals surface area (Å²) in [6.45, 7) is 5.03. The lowest BCUT2D eigenvalue weighted by atomic mass is 10.0. The molecule has 1 saturated heterocycles. The van der Waals surface area contributed by atoms with Crippen LogP contribution in [0, 0.1) is 6.92 Å². The number of amides is 1. The number of carbonyl (C=O) groups is 1. The van der Waals surface area contributed by atoms with Crippen LogP contribution in [0.3, 0.4) is 0 Å². The molecule has 1 aromatic heterocycles. The number of hydrogen-bond donors (Lipinski definition) is 0. The summed E-state index contributed by atoms with van der Waals surface area (Å²) in [6, 6.07) is 8.34. The molecule has 23 heavy (non-hydrogen) atoms. The second-order valence-electron chi connectivity index (χ2n) is 6.31. The number of aromatic nitrogens is 2. The van der Waals surface area contributed by atoms with E-state index in [0.717, 1.165) is 30.5 Å². The highest BCUT2D eigenvalue weighted by atomic mass is 16.5. The molecule has 5 heteroatoms. The fraction of sp³-hybridized carbons (Fsp3) is 0.500. The van der Waals surface area contributed by atoms with Gasteiger partial charge in [-0.2, -0.15) is 4.98 Å². The first-order valence-electron chi connectivity index (χ1n) is 8.32. The minimum Gasteiger partial charge on any atom is -0.340 e. The number of rotatable bonds is 4. The average Bonchev–Trinajstić information content (AvgIpc) is 3.02. The zero-order valence-corrected chi connectivity index (χ0v) is 13.8. The van der Waals surface area contributed by atoms with Crippen LogP contribution in [0.25, 0.3) is 11.4 Å². The highest BCUT2D eigenvalue weighted by Crippen LogP contribution is 2.19. The van der Waals surface area contributed by atoms with Crippen molar-refractivity contribution in [1.29, 1.82) is 0 Å². The number of nitrogens with zero attached hydrogens (tertiary/aromatic N) is 3. The molecule has 5 nitrogen and oxygen atoms in total. The fourth-order valence-corrected chi connectivity index (χ4v) is 3.08. The molecule has 122 valence electrons. The van der Waals surface area contributed by atoms with Crippen LogP contribution >= 0.6 is 0 Å². The summed E-state index contributed by atoms with van der Waals surface area (Å²) < 4.78 is 5.29. The molecular formula is C18H23N3O2. The van der Waals surface area contributed by atoms with Gasteiger partial charge in [0.1, 0.15) is 0 Å². The van der Waals surface area contributed by atoms with Crippen molar-refractivity contribution in [2.75, 3.05) is 6.54 Å². The second kappa shape index (κ2) is 6.94. The van der Waals surface area contributed by atoms with E-state index in [-0.39, 0.29) is 5.91 Å². The number of piperidine rings is 1. The van der Waals surface area contributed by atoms with Gasteiger partial charge in [-0.1, -0.05) is 28.9 Å². The minimum absolute atomic E-state index is 0.188. The summed E-state index contributed by atoms with van der Waals surface area (Å²) in [6.07, 6.45) is 4.35. The van der Waals surface area contributed by atoms with Crippen LogP contribution < -0.4 is 0 Å². The maximum absolute atomic E-state index is 12.3. The van der Waals surface area contributed by atoms with Crippen molar-refractivity contribution < 1.29 is 9.32 Å². The standard InChI is InChI=1S/C18H23N3O2/c1-13-6-5-8-15(12-13)18-19-16(23-20-18)9-10-17(22)21-11-4-3-7-14(21)2/h5-6,8,12,14H,3-4,7,9-11H2,1-2H3/t14-/m0/s1. The van der Waals surface area contributed by atoms with Crippen LogP contribution in [0.2, 0.25) is 0 Å². The van der Waals surface area contributed by atoms with Gasteiger partial charge < -0.3 is 9.42 Å². The summed E-state index contributed by atoms with van der Waals surface area (Å²) in [5.74, 6) is 1.30. The Morgan fingerprint density at radius 1 is 1.39 bits per heavy atom. The van der Waals surface area contributed by atoms with Gasteiger partial charge in [-0.25, -0.2) is 0 Å². The SMILES string of the molecule is Cc1cccc(-c2noc(CCC(=O)N3CCCC[C@@H]3C)n2)c1. The summed E-state index contributed by atoms with van der Waals surface area (Å²) in [5, 5.41) is 4.02. The maximum atomic E-state index is 12.3. The van der Waals surface area contributed by atoms with Crippen molar-refractivity contribution in [3.05, 3.63) is 35.7 Å². The summed E-state index contributed by atoms with van der Waals surface area (Å²) in [4.78, 5) is 18.7. The largest absolute Gasteiger partial charge is 0.340 e. The first kappa shape index (κ1) is 15.7. The Labute approximate surface area is 136 Å². The van der Waals surface area contributed by atoms with Gasteiger partial charge in [0.15, 0.2) is 0 Å². The van der Waals surface area contributed by atoms with Crippen molar-refractivity contribution in [3.63, 3.8) is 0 Å². The molecular weight excluding hydrogens is 290 g/mol. The third-order valence-electron chi connectivity index (χ3n) is 4.42. The molecule has 1 aliphatic rings. The first-order chi connectivity index (χ1) is 11.1. The molecule has 1 aliphatic heterocycles. The molecule has 1 atom stereocenters. The van der Waals surface area contributed by atoms with E-state index in [0.29, 0.717) is 30.6 Å². The number of benzene rings is 1. The molecule has 1 aromatic carbocycles. The Kier molecular flexibility index (Phi) is 4.74. The molecule has 0 aliphatic carbocycles. The van der Waals surface area contributed by atoms with E-state index >= 15 is 0 Å². The molecule has 1 fully saturated rings. The predicted octanol–water partition coefficient (Wildman–Crippen LogP) is 3.38. The Hall–Kier alpha value is -2.17. The van der Waals surface area contributed by atoms with E-state index in [9.17, 15) is 4.79 Å². The summed E-state index contributed by atoms with van der Waals surface area (Å²) in [5.41, 5.74) is 2.10. The molecule has 3 rings (SSSR count). The fourth-order valence-electron chi connectivity index (χ4n) is 3.08. The normalized spacial score (nSPS) is 18.2. The van der Waals surface area contributed by atoms with Crippen LogP contribution in [-0.2, 0) is 11.2 Å². The number of carbonyl (C=O) groups excluding carboxylic acids is 1. The van der Waals surface area contributed by atoms with E-state index in [2.05, 4.69) is 17.1 Å². The lowest BCUT2D eigenvalue weighted by Gasteiger charge is -2.33. The lowest BCUT2D eigenvalue weighted by molar-refractivity contribution is -0.134. The lowest BCUT2D eigenvalue weighted by Crippen LogP contribution is -2.42. The first-order valence-corrected chi connectivity index (χ1v) is 8.32. The van der Waals surface area contributed by atoms with Gasteiger partial charge in [0.25, 0.3) is 0 Å². The monoisotopic (exact) mass is 313 g/mol. The zero-order chi connectivity index (χ0) is 16.2. The Balaban J connectivity index is 1.60. The molecule has 2 heterocycles. The third kappa shape index (κ3) is 3.78. The molecule has 0 spiro atoms.